The predicted octanol–water partition coefficient (Wildman–Crippen LogP) is 3.14. The van der Waals surface area contributed by atoms with Crippen LogP contribution in [0.4, 0.5) is 0 Å². The van der Waals surface area contributed by atoms with E-state index in [9.17, 15) is 5.11 Å². The molecule has 1 N–H and O–H groups in total. The fraction of sp³-hybridized carbons (Fsp3) is 0.538. The molecule has 1 aromatic rings. The highest BCUT2D eigenvalue weighted by atomic mass is 32.2. The summed E-state index contributed by atoms with van der Waals surface area (Å²) in [6.07, 6.45) is -0.415. The fourth-order valence-electron chi connectivity index (χ4n) is 1.93. The smallest absolute Gasteiger partial charge is 0.119 e. The molecule has 0 aliphatic carbocycles. The first-order valence-electron chi connectivity index (χ1n) is 5.62. The zero-order valence-corrected chi connectivity index (χ0v) is 10.8. The second-order valence-electron chi connectivity index (χ2n) is 4.59. The normalized spacial score (nSPS) is 22.6. The van der Waals surface area contributed by atoms with E-state index in [0.29, 0.717) is 6.61 Å². The molecule has 0 saturated carbocycles. The van der Waals surface area contributed by atoms with Crippen molar-refractivity contribution in [2.75, 3.05) is 6.61 Å². The minimum Gasteiger partial charge on any atom is -0.494 e. The van der Waals surface area contributed by atoms with E-state index in [4.69, 9.17) is 4.74 Å². The Bertz CT molecular complexity index is 388. The van der Waals surface area contributed by atoms with Gasteiger partial charge in [-0.05, 0) is 44.0 Å². The first kappa shape index (κ1) is 11.8. The first-order valence-corrected chi connectivity index (χ1v) is 6.61. The van der Waals surface area contributed by atoms with Crippen molar-refractivity contribution >= 4 is 11.8 Å². The molecule has 1 unspecified atom stereocenters. The summed E-state index contributed by atoms with van der Waals surface area (Å²) >= 11 is 1.80. The molecule has 3 heteroatoms. The van der Waals surface area contributed by atoms with Crippen LogP contribution in [-0.2, 0) is 5.75 Å². The van der Waals surface area contributed by atoms with Gasteiger partial charge in [0, 0.05) is 10.5 Å². The number of aliphatic hydroxyl groups excluding tert-OH is 1. The van der Waals surface area contributed by atoms with Crippen molar-refractivity contribution < 1.29 is 9.84 Å². The molecule has 2 rings (SSSR count). The van der Waals surface area contributed by atoms with E-state index in [1.165, 1.54) is 5.56 Å². The molecule has 0 bridgehead atoms. The van der Waals surface area contributed by atoms with Gasteiger partial charge in [-0.15, -0.1) is 11.8 Å². The molecule has 1 heterocycles. The molecule has 0 spiro atoms. The second-order valence-corrected chi connectivity index (χ2v) is 6.22. The Kier molecular flexibility index (Phi) is 3.17. The Morgan fingerprint density at radius 3 is 2.94 bits per heavy atom. The van der Waals surface area contributed by atoms with Gasteiger partial charge in [-0.2, -0.15) is 0 Å². The van der Waals surface area contributed by atoms with Crippen LogP contribution in [0.15, 0.2) is 18.2 Å². The van der Waals surface area contributed by atoms with Gasteiger partial charge in [-0.25, -0.2) is 0 Å². The third-order valence-corrected chi connectivity index (χ3v) is 4.40. The van der Waals surface area contributed by atoms with Crippen LogP contribution < -0.4 is 4.74 Å². The standard InChI is InChI=1S/C13H18O2S/c1-4-15-10-6-5-9-8-16-13(2,3)12(14)11(9)7-10/h5-7,12,14H,4,8H2,1-3H3. The van der Waals surface area contributed by atoms with Crippen LogP contribution >= 0.6 is 11.8 Å². The maximum Gasteiger partial charge on any atom is 0.119 e. The molecule has 0 saturated heterocycles. The van der Waals surface area contributed by atoms with Crippen molar-refractivity contribution in [3.63, 3.8) is 0 Å². The highest BCUT2D eigenvalue weighted by molar-refractivity contribution is 7.99. The minimum absolute atomic E-state index is 0.113. The SMILES string of the molecule is CCOc1ccc2c(c1)C(O)C(C)(C)SC2. The van der Waals surface area contributed by atoms with E-state index < -0.39 is 6.10 Å². The van der Waals surface area contributed by atoms with Gasteiger partial charge in [0.15, 0.2) is 0 Å². The van der Waals surface area contributed by atoms with Gasteiger partial charge >= 0.3 is 0 Å². The maximum absolute atomic E-state index is 10.3. The van der Waals surface area contributed by atoms with Gasteiger partial charge in [0.1, 0.15) is 5.75 Å². The summed E-state index contributed by atoms with van der Waals surface area (Å²) in [5.74, 6) is 1.81. The third-order valence-electron chi connectivity index (χ3n) is 2.98. The number of benzene rings is 1. The van der Waals surface area contributed by atoms with Gasteiger partial charge in [0.25, 0.3) is 0 Å². The zero-order valence-electron chi connectivity index (χ0n) is 9.99. The Morgan fingerprint density at radius 2 is 2.25 bits per heavy atom. The number of thioether (sulfide) groups is 1. The molecular formula is C13H18O2S. The number of hydrogen-bond donors (Lipinski definition) is 1. The van der Waals surface area contributed by atoms with Gasteiger partial charge in [-0.1, -0.05) is 6.07 Å². The van der Waals surface area contributed by atoms with Crippen molar-refractivity contribution in [3.8, 4) is 5.75 Å². The van der Waals surface area contributed by atoms with Gasteiger partial charge < -0.3 is 9.84 Å². The van der Waals surface area contributed by atoms with Crippen molar-refractivity contribution in [2.45, 2.75) is 37.4 Å². The lowest BCUT2D eigenvalue weighted by Gasteiger charge is -2.36. The monoisotopic (exact) mass is 238 g/mol. The van der Waals surface area contributed by atoms with Crippen LogP contribution in [0.3, 0.4) is 0 Å². The van der Waals surface area contributed by atoms with Crippen LogP contribution in [0.5, 0.6) is 5.75 Å². The lowest BCUT2D eigenvalue weighted by atomic mass is 9.93. The largest absolute Gasteiger partial charge is 0.494 e. The van der Waals surface area contributed by atoms with E-state index in [-0.39, 0.29) is 4.75 Å². The molecule has 88 valence electrons. The number of fused-ring (bicyclic) bond motifs is 1. The fourth-order valence-corrected chi connectivity index (χ4v) is 3.01. The van der Waals surface area contributed by atoms with Gasteiger partial charge in [-0.3, -0.25) is 0 Å². The van der Waals surface area contributed by atoms with Crippen molar-refractivity contribution in [1.82, 2.24) is 0 Å². The second kappa shape index (κ2) is 4.30. The third kappa shape index (κ3) is 2.06. The quantitative estimate of drug-likeness (QED) is 0.858. The molecule has 0 amide bonds. The van der Waals surface area contributed by atoms with Gasteiger partial charge in [0.05, 0.1) is 12.7 Å². The maximum atomic E-state index is 10.3. The van der Waals surface area contributed by atoms with Crippen LogP contribution in [0.25, 0.3) is 0 Å². The highest BCUT2D eigenvalue weighted by Crippen LogP contribution is 2.46. The van der Waals surface area contributed by atoms with Crippen LogP contribution in [0.1, 0.15) is 38.0 Å². The summed E-state index contributed by atoms with van der Waals surface area (Å²) in [6, 6.07) is 6.02. The molecule has 1 atom stereocenters. The first-order chi connectivity index (χ1) is 7.54. The number of hydrogen-bond acceptors (Lipinski definition) is 3. The zero-order chi connectivity index (χ0) is 11.8. The Balaban J connectivity index is 2.37. The van der Waals surface area contributed by atoms with Gasteiger partial charge in [0.2, 0.25) is 0 Å². The lowest BCUT2D eigenvalue weighted by Crippen LogP contribution is -2.29. The Labute approximate surface area is 101 Å². The molecule has 1 aliphatic heterocycles. The molecule has 16 heavy (non-hydrogen) atoms. The van der Waals surface area contributed by atoms with Crippen molar-refractivity contribution in [2.24, 2.45) is 0 Å². The van der Waals surface area contributed by atoms with E-state index in [0.717, 1.165) is 17.1 Å². The van der Waals surface area contributed by atoms with Crippen molar-refractivity contribution in [3.05, 3.63) is 29.3 Å². The molecule has 0 fully saturated rings. The average Bonchev–Trinajstić information content (AvgIpc) is 2.25. The van der Waals surface area contributed by atoms with E-state index in [2.05, 4.69) is 19.9 Å². The Hall–Kier alpha value is -0.670. The number of aliphatic hydroxyl groups is 1. The minimum atomic E-state index is -0.415. The summed E-state index contributed by atoms with van der Waals surface area (Å²) < 4.78 is 5.36. The summed E-state index contributed by atoms with van der Waals surface area (Å²) in [5.41, 5.74) is 2.25. The summed E-state index contributed by atoms with van der Waals surface area (Å²) in [7, 11) is 0. The summed E-state index contributed by atoms with van der Waals surface area (Å²) in [6.45, 7) is 6.79. The summed E-state index contributed by atoms with van der Waals surface area (Å²) in [4.78, 5) is 0. The van der Waals surface area contributed by atoms with E-state index >= 15 is 0 Å². The average molecular weight is 238 g/mol. The lowest BCUT2D eigenvalue weighted by molar-refractivity contribution is 0.141. The predicted molar refractivity (Wildman–Crippen MR) is 67.9 cm³/mol. The molecule has 1 aliphatic rings. The molecule has 0 radical (unpaired) electrons. The van der Waals surface area contributed by atoms with Crippen molar-refractivity contribution in [1.29, 1.82) is 0 Å². The number of rotatable bonds is 2. The van der Waals surface area contributed by atoms with Crippen LogP contribution in [0, 0.1) is 0 Å². The summed E-state index contributed by atoms with van der Waals surface area (Å²) in [5, 5.41) is 10.3. The topological polar surface area (TPSA) is 29.5 Å². The van der Waals surface area contributed by atoms with E-state index in [1.54, 1.807) is 11.8 Å². The molecule has 2 nitrogen and oxygen atoms in total. The van der Waals surface area contributed by atoms with Crippen LogP contribution in [-0.4, -0.2) is 16.5 Å². The highest BCUT2D eigenvalue weighted by Gasteiger charge is 2.35. The number of ether oxygens (including phenoxy) is 1. The molecule has 0 aromatic heterocycles. The molecular weight excluding hydrogens is 220 g/mol. The van der Waals surface area contributed by atoms with E-state index in [1.807, 2.05) is 19.1 Å². The Morgan fingerprint density at radius 1 is 1.50 bits per heavy atom. The molecule has 1 aromatic carbocycles. The van der Waals surface area contributed by atoms with Crippen LogP contribution in [0.2, 0.25) is 0 Å².